The van der Waals surface area contributed by atoms with Crippen molar-refractivity contribution in [3.63, 3.8) is 0 Å². The van der Waals surface area contributed by atoms with Gasteiger partial charge in [-0.3, -0.25) is 0 Å². The molecule has 0 bridgehead atoms. The van der Waals surface area contributed by atoms with Crippen molar-refractivity contribution in [1.82, 2.24) is 0 Å². The van der Waals surface area contributed by atoms with Crippen molar-refractivity contribution >= 4 is 28.6 Å². The summed E-state index contributed by atoms with van der Waals surface area (Å²) in [6.45, 7) is 0. The lowest BCUT2D eigenvalue weighted by Crippen LogP contribution is -2.06. The highest BCUT2D eigenvalue weighted by atomic mass is 127. The molecule has 1 aliphatic rings. The smallest absolute Gasteiger partial charge is 0.338 e. The molecule has 1 atom stereocenters. The van der Waals surface area contributed by atoms with E-state index in [2.05, 4.69) is 4.74 Å². The first-order valence-corrected chi connectivity index (χ1v) is 5.68. The lowest BCUT2D eigenvalue weighted by Gasteiger charge is -2.06. The second kappa shape index (κ2) is 4.36. The van der Waals surface area contributed by atoms with Gasteiger partial charge in [-0.05, 0) is 12.1 Å². The molecule has 1 aliphatic heterocycles. The first kappa shape index (κ1) is 11.3. The Morgan fingerprint density at radius 1 is 1.38 bits per heavy atom. The molecular weight excluding hydrogens is 327 g/mol. The number of fused-ring (bicyclic) bond motifs is 1. The third kappa shape index (κ3) is 1.89. The normalized spacial score (nSPS) is 17.1. The first-order chi connectivity index (χ1) is 7.65. The minimum atomic E-state index is -0.443. The Morgan fingerprint density at radius 3 is 2.75 bits per heavy atom. The summed E-state index contributed by atoms with van der Waals surface area (Å²) in [4.78, 5) is 11.4. The summed E-state index contributed by atoms with van der Waals surface area (Å²) in [6.07, 6.45) is 0. The summed E-state index contributed by atoms with van der Waals surface area (Å²) in [5.41, 5.74) is 0.368. The highest BCUT2D eigenvalue weighted by Gasteiger charge is 2.27. The Hall–Kier alpha value is -1.18. The van der Waals surface area contributed by atoms with Gasteiger partial charge in [0.25, 0.3) is 4.30 Å². The number of rotatable bonds is 2. The molecule has 1 aromatic carbocycles. The van der Waals surface area contributed by atoms with Crippen LogP contribution in [0.2, 0.25) is 0 Å². The maximum absolute atomic E-state index is 11.4. The van der Waals surface area contributed by atoms with Crippen LogP contribution in [0.4, 0.5) is 0 Å². The number of carbonyl (C=O) groups excluding carboxylic acids is 1. The number of methoxy groups -OCH3 is 2. The van der Waals surface area contributed by atoms with E-state index in [0.29, 0.717) is 22.8 Å². The molecule has 1 heterocycles. The molecule has 1 unspecified atom stereocenters. The van der Waals surface area contributed by atoms with Crippen molar-refractivity contribution in [2.24, 2.45) is 0 Å². The molecule has 0 aliphatic carbocycles. The van der Waals surface area contributed by atoms with Crippen LogP contribution in [0.1, 0.15) is 10.4 Å². The Labute approximate surface area is 106 Å². The van der Waals surface area contributed by atoms with E-state index in [-0.39, 0.29) is 0 Å². The van der Waals surface area contributed by atoms with Gasteiger partial charge in [0, 0.05) is 22.6 Å². The first-order valence-electron chi connectivity index (χ1n) is 4.43. The molecule has 86 valence electrons. The second-order valence-corrected chi connectivity index (χ2v) is 4.02. The number of alkyl halides is 1. The highest BCUT2D eigenvalue weighted by Crippen LogP contribution is 2.44. The van der Waals surface area contributed by atoms with E-state index in [1.165, 1.54) is 14.2 Å². The highest BCUT2D eigenvalue weighted by molar-refractivity contribution is 14.1. The average molecular weight is 336 g/mol. The van der Waals surface area contributed by atoms with Crippen molar-refractivity contribution in [2.75, 3.05) is 14.2 Å². The zero-order chi connectivity index (χ0) is 11.7. The quantitative estimate of drug-likeness (QED) is 0.470. The molecule has 1 aromatic rings. The minimum Gasteiger partial charge on any atom is -0.493 e. The van der Waals surface area contributed by atoms with Crippen LogP contribution in [-0.4, -0.2) is 24.5 Å². The van der Waals surface area contributed by atoms with Gasteiger partial charge >= 0.3 is 5.97 Å². The van der Waals surface area contributed by atoms with Crippen LogP contribution < -0.4 is 14.2 Å². The van der Waals surface area contributed by atoms with E-state index in [0.717, 1.165) is 0 Å². The molecule has 0 N–H and O–H groups in total. The molecule has 0 spiro atoms. The third-order valence-electron chi connectivity index (χ3n) is 2.09. The van der Waals surface area contributed by atoms with Crippen molar-refractivity contribution in [2.45, 2.75) is 4.30 Å². The van der Waals surface area contributed by atoms with Gasteiger partial charge in [0.2, 0.25) is 5.75 Å². The van der Waals surface area contributed by atoms with Crippen molar-refractivity contribution in [1.29, 1.82) is 0 Å². The molecule has 0 amide bonds. The maximum atomic E-state index is 11.4. The Balaban J connectivity index is 2.47. The Morgan fingerprint density at radius 2 is 2.12 bits per heavy atom. The van der Waals surface area contributed by atoms with Gasteiger partial charge in [0.15, 0.2) is 11.5 Å². The molecule has 0 fully saturated rings. The largest absolute Gasteiger partial charge is 0.493 e. The van der Waals surface area contributed by atoms with Crippen molar-refractivity contribution in [3.8, 4) is 17.2 Å². The number of ether oxygens (including phenoxy) is 4. The number of carbonyl (C=O) groups is 1. The van der Waals surface area contributed by atoms with Gasteiger partial charge in [-0.2, -0.15) is 0 Å². The molecule has 0 saturated heterocycles. The number of hydrogen-bond acceptors (Lipinski definition) is 5. The molecule has 2 rings (SSSR count). The minimum absolute atomic E-state index is 0.368. The third-order valence-corrected chi connectivity index (χ3v) is 2.60. The van der Waals surface area contributed by atoms with Gasteiger partial charge in [-0.15, -0.1) is 0 Å². The molecule has 5 nitrogen and oxygen atoms in total. The van der Waals surface area contributed by atoms with E-state index >= 15 is 0 Å². The summed E-state index contributed by atoms with van der Waals surface area (Å²) in [5, 5.41) is 0. The van der Waals surface area contributed by atoms with Crippen molar-refractivity contribution in [3.05, 3.63) is 17.7 Å². The maximum Gasteiger partial charge on any atom is 0.338 e. The molecule has 0 saturated carbocycles. The zero-order valence-corrected chi connectivity index (χ0v) is 10.8. The van der Waals surface area contributed by atoms with Crippen LogP contribution in [0.15, 0.2) is 12.1 Å². The monoisotopic (exact) mass is 336 g/mol. The average Bonchev–Trinajstić information content (AvgIpc) is 2.66. The Bertz CT molecular complexity index is 431. The molecule has 0 radical (unpaired) electrons. The summed E-state index contributed by atoms with van der Waals surface area (Å²) in [5.74, 6) is 1.01. The van der Waals surface area contributed by atoms with Crippen LogP contribution in [0.25, 0.3) is 0 Å². The summed E-state index contributed by atoms with van der Waals surface area (Å²) >= 11 is 1.98. The van der Waals surface area contributed by atoms with Crippen LogP contribution in [0.5, 0.6) is 17.2 Å². The molecule has 16 heavy (non-hydrogen) atoms. The topological polar surface area (TPSA) is 54.0 Å². The predicted molar refractivity (Wildman–Crippen MR) is 63.4 cm³/mol. The lowest BCUT2D eigenvalue weighted by atomic mass is 10.2. The fourth-order valence-corrected chi connectivity index (χ4v) is 1.91. The van der Waals surface area contributed by atoms with Crippen LogP contribution in [0, 0.1) is 0 Å². The zero-order valence-electron chi connectivity index (χ0n) is 8.65. The van der Waals surface area contributed by atoms with E-state index in [1.54, 1.807) is 12.1 Å². The van der Waals surface area contributed by atoms with E-state index in [9.17, 15) is 4.79 Å². The predicted octanol–water partition coefficient (Wildman–Crippen LogP) is 1.97. The van der Waals surface area contributed by atoms with E-state index in [4.69, 9.17) is 14.2 Å². The number of halogens is 1. The van der Waals surface area contributed by atoms with Crippen LogP contribution in [0.3, 0.4) is 0 Å². The standard InChI is InChI=1S/C10H9IO5/c1-13-6-3-5(9(12)14-2)4-7-8(6)16-10(11)15-7/h3-4,10H,1-2H3. The van der Waals surface area contributed by atoms with Gasteiger partial charge in [0.1, 0.15) is 0 Å². The fourth-order valence-electron chi connectivity index (χ4n) is 1.38. The van der Waals surface area contributed by atoms with Gasteiger partial charge in [-0.1, -0.05) is 0 Å². The summed E-state index contributed by atoms with van der Waals surface area (Å²) < 4.78 is 20.1. The lowest BCUT2D eigenvalue weighted by molar-refractivity contribution is 0.0600. The van der Waals surface area contributed by atoms with Crippen molar-refractivity contribution < 1.29 is 23.7 Å². The van der Waals surface area contributed by atoms with E-state index in [1.807, 2.05) is 22.6 Å². The number of esters is 1. The van der Waals surface area contributed by atoms with Crippen LogP contribution in [-0.2, 0) is 4.74 Å². The number of hydrogen-bond donors (Lipinski definition) is 0. The second-order valence-electron chi connectivity index (χ2n) is 3.01. The molecule has 6 heteroatoms. The summed E-state index contributed by atoms with van der Waals surface area (Å²) in [7, 11) is 2.82. The summed E-state index contributed by atoms with van der Waals surface area (Å²) in [6, 6.07) is 3.13. The molecular formula is C10H9IO5. The van der Waals surface area contributed by atoms with Gasteiger partial charge in [0.05, 0.1) is 19.8 Å². The van der Waals surface area contributed by atoms with E-state index < -0.39 is 10.3 Å². The van der Waals surface area contributed by atoms with Gasteiger partial charge < -0.3 is 18.9 Å². The SMILES string of the molecule is COC(=O)c1cc(OC)c2c(c1)OC(I)O2. The fraction of sp³-hybridized carbons (Fsp3) is 0.300. The molecule has 0 aromatic heterocycles. The number of benzene rings is 1. The van der Waals surface area contributed by atoms with Gasteiger partial charge in [-0.25, -0.2) is 4.79 Å². The van der Waals surface area contributed by atoms with Crippen LogP contribution >= 0.6 is 22.6 Å². The Kier molecular flexibility index (Phi) is 3.08.